The van der Waals surface area contributed by atoms with Crippen molar-refractivity contribution >= 4 is 34.2 Å². The smallest absolute Gasteiger partial charge is 0.251 e. The van der Waals surface area contributed by atoms with Gasteiger partial charge < -0.3 is 21.1 Å². The summed E-state index contributed by atoms with van der Waals surface area (Å²) in [6.07, 6.45) is 2.28. The fourth-order valence-corrected chi connectivity index (χ4v) is 5.44. The highest BCUT2D eigenvalue weighted by Crippen LogP contribution is 2.18. The Labute approximate surface area is 218 Å². The minimum absolute atomic E-state index is 0. The van der Waals surface area contributed by atoms with Crippen molar-refractivity contribution in [2.24, 2.45) is 0 Å². The van der Waals surface area contributed by atoms with Gasteiger partial charge in [0.25, 0.3) is 11.8 Å². The van der Waals surface area contributed by atoms with Gasteiger partial charge in [0.15, 0.2) is 0 Å². The summed E-state index contributed by atoms with van der Waals surface area (Å²) in [5.41, 5.74) is 3.26. The lowest BCUT2D eigenvalue weighted by atomic mass is 9.93. The number of amides is 2. The number of aliphatic hydroxyl groups is 1. The number of fused-ring (bicyclic) bond motifs is 1. The van der Waals surface area contributed by atoms with Gasteiger partial charge in [-0.3, -0.25) is 9.59 Å². The third-order valence-corrected chi connectivity index (χ3v) is 8.02. The predicted molar refractivity (Wildman–Crippen MR) is 140 cm³/mol. The van der Waals surface area contributed by atoms with Gasteiger partial charge in [-0.1, -0.05) is 24.3 Å². The van der Waals surface area contributed by atoms with E-state index in [0.29, 0.717) is 50.0 Å². The molecule has 11 heteroatoms. The molecule has 2 heterocycles. The number of carbonyl (C=O) groups is 2. The van der Waals surface area contributed by atoms with Crippen molar-refractivity contribution in [1.82, 2.24) is 20.3 Å². The average molecular weight is 537 g/mol. The number of piperidine rings is 1. The summed E-state index contributed by atoms with van der Waals surface area (Å²) in [7, 11) is -3.21. The van der Waals surface area contributed by atoms with E-state index in [1.807, 2.05) is 12.1 Å². The first kappa shape index (κ1) is 28.1. The molecule has 0 radical (unpaired) electrons. The second kappa shape index (κ2) is 12.2. The average Bonchev–Trinajstić information content (AvgIpc) is 2.86. The third-order valence-electron chi connectivity index (χ3n) is 6.72. The fourth-order valence-electron chi connectivity index (χ4n) is 4.57. The summed E-state index contributed by atoms with van der Waals surface area (Å²) in [6.45, 7) is 1.58. The van der Waals surface area contributed by atoms with Gasteiger partial charge in [-0.05, 0) is 54.7 Å². The van der Waals surface area contributed by atoms with Crippen molar-refractivity contribution in [2.75, 3.05) is 25.9 Å². The number of aliphatic hydroxyl groups excluding tert-OH is 1. The molecule has 0 saturated carbocycles. The van der Waals surface area contributed by atoms with Gasteiger partial charge in [0.1, 0.15) is 0 Å². The summed E-state index contributed by atoms with van der Waals surface area (Å²) in [5, 5.41) is 19.6. The molecule has 36 heavy (non-hydrogen) atoms. The van der Waals surface area contributed by atoms with Crippen LogP contribution in [0.1, 0.15) is 44.7 Å². The lowest BCUT2D eigenvalue weighted by Gasteiger charge is -2.30. The Morgan fingerprint density at radius 1 is 1.03 bits per heavy atom. The normalized spacial score (nSPS) is 19.4. The number of sulfonamides is 1. The zero-order valence-electron chi connectivity index (χ0n) is 20.1. The van der Waals surface area contributed by atoms with Crippen LogP contribution in [0.25, 0.3) is 0 Å². The van der Waals surface area contributed by atoms with E-state index in [-0.39, 0.29) is 42.8 Å². The van der Waals surface area contributed by atoms with Crippen LogP contribution in [0.5, 0.6) is 0 Å². The monoisotopic (exact) mass is 536 g/mol. The maximum atomic E-state index is 12.6. The Morgan fingerprint density at radius 3 is 2.22 bits per heavy atom. The van der Waals surface area contributed by atoms with Gasteiger partial charge in [-0.15, -0.1) is 12.4 Å². The second-order valence-electron chi connectivity index (χ2n) is 9.22. The van der Waals surface area contributed by atoms with Crippen LogP contribution in [-0.2, 0) is 23.0 Å². The van der Waals surface area contributed by atoms with Crippen molar-refractivity contribution in [3.8, 4) is 0 Å². The van der Waals surface area contributed by atoms with Crippen LogP contribution >= 0.6 is 12.4 Å². The molecule has 2 aromatic carbocycles. The molecule has 9 nitrogen and oxygen atoms in total. The van der Waals surface area contributed by atoms with Crippen LogP contribution in [0.4, 0.5) is 0 Å². The van der Waals surface area contributed by atoms with Crippen LogP contribution in [-0.4, -0.2) is 73.7 Å². The zero-order valence-corrected chi connectivity index (χ0v) is 21.8. The molecule has 4 N–H and O–H groups in total. The van der Waals surface area contributed by atoms with Crippen LogP contribution in [0.3, 0.4) is 0 Å². The van der Waals surface area contributed by atoms with E-state index in [2.05, 4.69) is 28.1 Å². The highest BCUT2D eigenvalue weighted by Gasteiger charge is 2.27. The number of rotatable bonds is 7. The van der Waals surface area contributed by atoms with E-state index >= 15 is 0 Å². The molecule has 2 atom stereocenters. The molecule has 1 saturated heterocycles. The standard InChI is InChI=1S/C25H32N4O5S.ClH/c1-35(33,34)29-12-10-21(11-13-29)28-25(32)18-8-6-17(7-9-18)24(31)27-16-23(30)22-14-19-4-2-3-5-20(19)15-26-22;/h2-9,21-23,26,30H,10-16H2,1H3,(H,27,31)(H,28,32);1H/t22-,23+;/m0./s1. The highest BCUT2D eigenvalue weighted by molar-refractivity contribution is 7.88. The maximum absolute atomic E-state index is 12.6. The van der Waals surface area contributed by atoms with E-state index in [1.165, 1.54) is 21.7 Å². The van der Waals surface area contributed by atoms with E-state index in [9.17, 15) is 23.1 Å². The summed E-state index contributed by atoms with van der Waals surface area (Å²) >= 11 is 0. The first-order chi connectivity index (χ1) is 16.7. The minimum Gasteiger partial charge on any atom is -0.390 e. The molecule has 2 amide bonds. The summed E-state index contributed by atoms with van der Waals surface area (Å²) < 4.78 is 24.7. The second-order valence-corrected chi connectivity index (χ2v) is 11.2. The van der Waals surface area contributed by atoms with E-state index < -0.39 is 16.1 Å². The lowest BCUT2D eigenvalue weighted by molar-refractivity contribution is 0.0868. The topological polar surface area (TPSA) is 128 Å². The third kappa shape index (κ3) is 7.04. The molecule has 0 aromatic heterocycles. The van der Waals surface area contributed by atoms with Crippen LogP contribution < -0.4 is 16.0 Å². The molecule has 0 spiro atoms. The molecule has 0 aliphatic carbocycles. The van der Waals surface area contributed by atoms with Gasteiger partial charge in [0.2, 0.25) is 10.0 Å². The summed E-state index contributed by atoms with van der Waals surface area (Å²) in [5.74, 6) is -0.575. The Kier molecular flexibility index (Phi) is 9.48. The van der Waals surface area contributed by atoms with Gasteiger partial charge >= 0.3 is 0 Å². The molecule has 2 aliphatic heterocycles. The van der Waals surface area contributed by atoms with Gasteiger partial charge in [-0.25, -0.2) is 12.7 Å². The molecule has 0 unspecified atom stereocenters. The minimum atomic E-state index is -3.21. The van der Waals surface area contributed by atoms with E-state index in [4.69, 9.17) is 0 Å². The Hall–Kier alpha value is -2.50. The van der Waals surface area contributed by atoms with Crippen molar-refractivity contribution in [3.63, 3.8) is 0 Å². The molecule has 0 bridgehead atoms. The Balaban J connectivity index is 0.00000361. The predicted octanol–water partition coefficient (Wildman–Crippen LogP) is 1.07. The van der Waals surface area contributed by atoms with Crippen molar-refractivity contribution < 1.29 is 23.1 Å². The maximum Gasteiger partial charge on any atom is 0.251 e. The largest absolute Gasteiger partial charge is 0.390 e. The number of nitrogens with zero attached hydrogens (tertiary/aromatic N) is 1. The highest BCUT2D eigenvalue weighted by atomic mass is 35.5. The number of carbonyl (C=O) groups excluding carboxylic acids is 2. The van der Waals surface area contributed by atoms with E-state index in [0.717, 1.165) is 0 Å². The van der Waals surface area contributed by atoms with Crippen LogP contribution in [0, 0.1) is 0 Å². The van der Waals surface area contributed by atoms with Gasteiger partial charge in [0.05, 0.1) is 12.4 Å². The fraction of sp³-hybridized carbons (Fsp3) is 0.440. The quantitative estimate of drug-likeness (QED) is 0.419. The lowest BCUT2D eigenvalue weighted by Crippen LogP contribution is -2.49. The SMILES string of the molecule is CS(=O)(=O)N1CCC(NC(=O)c2ccc(C(=O)NC[C@@H](O)[C@@H]3Cc4ccccc4CN3)cc2)CC1.Cl. The number of nitrogens with one attached hydrogen (secondary N) is 3. The van der Waals surface area contributed by atoms with Crippen molar-refractivity contribution in [1.29, 1.82) is 0 Å². The first-order valence-corrected chi connectivity index (χ1v) is 13.7. The molecule has 2 aromatic rings. The van der Waals surface area contributed by atoms with Crippen LogP contribution in [0.2, 0.25) is 0 Å². The Bertz CT molecular complexity index is 1170. The van der Waals surface area contributed by atoms with Crippen molar-refractivity contribution in [2.45, 2.75) is 44.0 Å². The molecule has 4 rings (SSSR count). The molecule has 2 aliphatic rings. The first-order valence-electron chi connectivity index (χ1n) is 11.8. The zero-order chi connectivity index (χ0) is 25.0. The number of benzene rings is 2. The van der Waals surface area contributed by atoms with Crippen LogP contribution in [0.15, 0.2) is 48.5 Å². The molecular formula is C25H33ClN4O5S. The van der Waals surface area contributed by atoms with Gasteiger partial charge in [0, 0.05) is 49.4 Å². The summed E-state index contributed by atoms with van der Waals surface area (Å²) in [4.78, 5) is 25.1. The molecular weight excluding hydrogens is 504 g/mol. The molecule has 1 fully saturated rings. The number of hydrogen-bond acceptors (Lipinski definition) is 6. The number of hydrogen-bond donors (Lipinski definition) is 4. The van der Waals surface area contributed by atoms with Crippen molar-refractivity contribution in [3.05, 3.63) is 70.8 Å². The van der Waals surface area contributed by atoms with Gasteiger partial charge in [-0.2, -0.15) is 0 Å². The summed E-state index contributed by atoms with van der Waals surface area (Å²) in [6, 6.07) is 14.2. The number of halogens is 1. The van der Waals surface area contributed by atoms with E-state index in [1.54, 1.807) is 24.3 Å². The Morgan fingerprint density at radius 2 is 1.61 bits per heavy atom. The molecule has 196 valence electrons.